The molecule has 1 aromatic heterocycles. The molecule has 0 spiro atoms. The summed E-state index contributed by atoms with van der Waals surface area (Å²) in [5.74, 6) is 2.35. The maximum Gasteiger partial charge on any atom is 0.275 e. The minimum atomic E-state index is 0.00160. The zero-order chi connectivity index (χ0) is 15.4. The molecule has 0 fully saturated rings. The lowest BCUT2D eigenvalue weighted by Crippen LogP contribution is -3.08. The van der Waals surface area contributed by atoms with E-state index in [9.17, 15) is 4.79 Å². The molecule has 0 aliphatic carbocycles. The van der Waals surface area contributed by atoms with Crippen molar-refractivity contribution in [2.45, 2.75) is 13.1 Å². The Morgan fingerprint density at radius 2 is 2.14 bits per heavy atom. The first-order valence-electron chi connectivity index (χ1n) is 7.19. The molecule has 0 radical (unpaired) electrons. The number of amides is 1. The third-order valence-electron chi connectivity index (χ3n) is 3.45. The number of likely N-dealkylation sites (N-methyl/N-ethyl adjacent to an activating group) is 1. The molecule has 2 N–H and O–H groups in total. The lowest BCUT2D eigenvalue weighted by atomic mass is 10.2. The van der Waals surface area contributed by atoms with Crippen LogP contribution < -0.4 is 19.7 Å². The molecule has 6 nitrogen and oxygen atoms in total. The number of fused-ring (bicyclic) bond motifs is 1. The van der Waals surface area contributed by atoms with Gasteiger partial charge in [0.2, 0.25) is 6.79 Å². The van der Waals surface area contributed by atoms with Crippen LogP contribution >= 0.6 is 0 Å². The molecular formula is C16H19N2O4+. The first kappa shape index (κ1) is 14.5. The SMILES string of the molecule is C[NH+](CC(=O)NCc1ccc2c(c1)OCO2)Cc1ccco1. The fourth-order valence-electron chi connectivity index (χ4n) is 2.36. The lowest BCUT2D eigenvalue weighted by molar-refractivity contribution is -0.886. The van der Waals surface area contributed by atoms with Crippen LogP contribution in [0.2, 0.25) is 0 Å². The molecule has 0 bridgehead atoms. The van der Waals surface area contributed by atoms with Crippen molar-refractivity contribution in [3.63, 3.8) is 0 Å². The minimum Gasteiger partial charge on any atom is -0.463 e. The molecule has 116 valence electrons. The summed E-state index contributed by atoms with van der Waals surface area (Å²) in [6.45, 7) is 1.81. The second-order valence-corrected chi connectivity index (χ2v) is 5.35. The lowest BCUT2D eigenvalue weighted by Gasteiger charge is -2.12. The summed E-state index contributed by atoms with van der Waals surface area (Å²) < 4.78 is 15.9. The fraction of sp³-hybridized carbons (Fsp3) is 0.312. The van der Waals surface area contributed by atoms with Crippen molar-refractivity contribution in [1.29, 1.82) is 0 Å². The van der Waals surface area contributed by atoms with Crippen LogP contribution in [0.5, 0.6) is 11.5 Å². The Balaban J connectivity index is 1.46. The molecule has 1 unspecified atom stereocenters. The summed E-state index contributed by atoms with van der Waals surface area (Å²) in [4.78, 5) is 13.0. The zero-order valence-electron chi connectivity index (χ0n) is 12.4. The first-order chi connectivity index (χ1) is 10.7. The average Bonchev–Trinajstić information content (AvgIpc) is 3.15. The van der Waals surface area contributed by atoms with E-state index in [1.807, 2.05) is 37.4 Å². The molecule has 1 atom stereocenters. The van der Waals surface area contributed by atoms with Gasteiger partial charge in [0.25, 0.3) is 5.91 Å². The second kappa shape index (κ2) is 6.53. The number of carbonyl (C=O) groups is 1. The van der Waals surface area contributed by atoms with E-state index in [1.165, 1.54) is 0 Å². The molecule has 0 saturated carbocycles. The Labute approximate surface area is 128 Å². The van der Waals surface area contributed by atoms with E-state index in [2.05, 4.69) is 5.32 Å². The number of hydrogen-bond acceptors (Lipinski definition) is 4. The van der Waals surface area contributed by atoms with Crippen molar-refractivity contribution >= 4 is 5.91 Å². The zero-order valence-corrected chi connectivity index (χ0v) is 12.4. The molecule has 0 saturated heterocycles. The van der Waals surface area contributed by atoms with Crippen LogP contribution in [0.15, 0.2) is 41.0 Å². The molecule has 3 rings (SSSR count). The number of ether oxygens (including phenoxy) is 2. The summed E-state index contributed by atoms with van der Waals surface area (Å²) >= 11 is 0. The van der Waals surface area contributed by atoms with Gasteiger partial charge < -0.3 is 24.1 Å². The van der Waals surface area contributed by atoms with E-state index in [0.29, 0.717) is 19.6 Å². The Bertz CT molecular complexity index is 640. The Kier molecular flexibility index (Phi) is 4.29. The minimum absolute atomic E-state index is 0.00160. The predicted octanol–water partition coefficient (Wildman–Crippen LogP) is 0.339. The molecule has 1 aliphatic heterocycles. The molecule has 6 heteroatoms. The van der Waals surface area contributed by atoms with Crippen molar-refractivity contribution in [3.05, 3.63) is 47.9 Å². The van der Waals surface area contributed by atoms with Crippen LogP contribution in [-0.2, 0) is 17.9 Å². The molecule has 2 aromatic rings. The van der Waals surface area contributed by atoms with Gasteiger partial charge in [-0.05, 0) is 29.8 Å². The number of benzene rings is 1. The van der Waals surface area contributed by atoms with Gasteiger partial charge >= 0.3 is 0 Å². The quantitative estimate of drug-likeness (QED) is 0.808. The van der Waals surface area contributed by atoms with Gasteiger partial charge in [-0.15, -0.1) is 0 Å². The molecule has 2 heterocycles. The molecule has 1 aromatic carbocycles. The van der Waals surface area contributed by atoms with Crippen molar-refractivity contribution in [1.82, 2.24) is 5.32 Å². The van der Waals surface area contributed by atoms with E-state index in [-0.39, 0.29) is 12.7 Å². The number of rotatable bonds is 6. The highest BCUT2D eigenvalue weighted by atomic mass is 16.7. The van der Waals surface area contributed by atoms with E-state index >= 15 is 0 Å². The summed E-state index contributed by atoms with van der Waals surface area (Å²) in [6.07, 6.45) is 1.64. The molecule has 22 heavy (non-hydrogen) atoms. The van der Waals surface area contributed by atoms with E-state index in [1.54, 1.807) is 6.26 Å². The van der Waals surface area contributed by atoms with Crippen LogP contribution in [0.3, 0.4) is 0 Å². The highest BCUT2D eigenvalue weighted by molar-refractivity contribution is 5.76. The summed E-state index contributed by atoms with van der Waals surface area (Å²) in [7, 11) is 1.96. The number of nitrogens with one attached hydrogen (secondary N) is 2. The van der Waals surface area contributed by atoms with Crippen LogP contribution in [0.25, 0.3) is 0 Å². The molecule has 1 amide bonds. The van der Waals surface area contributed by atoms with Gasteiger partial charge in [0, 0.05) is 6.54 Å². The Morgan fingerprint density at radius 1 is 1.27 bits per heavy atom. The largest absolute Gasteiger partial charge is 0.463 e. The average molecular weight is 303 g/mol. The van der Waals surface area contributed by atoms with Crippen LogP contribution in [-0.4, -0.2) is 26.3 Å². The predicted molar refractivity (Wildman–Crippen MR) is 78.6 cm³/mol. The first-order valence-corrected chi connectivity index (χ1v) is 7.19. The van der Waals surface area contributed by atoms with Gasteiger partial charge in [-0.25, -0.2) is 0 Å². The highest BCUT2D eigenvalue weighted by Gasteiger charge is 2.14. The van der Waals surface area contributed by atoms with E-state index in [4.69, 9.17) is 13.9 Å². The second-order valence-electron chi connectivity index (χ2n) is 5.35. The van der Waals surface area contributed by atoms with E-state index < -0.39 is 0 Å². The van der Waals surface area contributed by atoms with Crippen LogP contribution in [0.4, 0.5) is 0 Å². The number of quaternary nitrogens is 1. The molecular weight excluding hydrogens is 284 g/mol. The maximum atomic E-state index is 12.0. The van der Waals surface area contributed by atoms with Crippen molar-refractivity contribution in [2.24, 2.45) is 0 Å². The van der Waals surface area contributed by atoms with Gasteiger partial charge in [-0.1, -0.05) is 6.07 Å². The summed E-state index contributed by atoms with van der Waals surface area (Å²) in [6, 6.07) is 9.43. The third-order valence-corrected chi connectivity index (χ3v) is 3.45. The Morgan fingerprint density at radius 3 is 2.95 bits per heavy atom. The smallest absolute Gasteiger partial charge is 0.275 e. The van der Waals surface area contributed by atoms with Gasteiger partial charge in [0.15, 0.2) is 23.8 Å². The number of furan rings is 1. The van der Waals surface area contributed by atoms with Crippen molar-refractivity contribution in [3.8, 4) is 11.5 Å². The fourth-order valence-corrected chi connectivity index (χ4v) is 2.36. The van der Waals surface area contributed by atoms with Crippen molar-refractivity contribution < 1.29 is 23.6 Å². The van der Waals surface area contributed by atoms with Gasteiger partial charge in [0.05, 0.1) is 13.3 Å². The highest BCUT2D eigenvalue weighted by Crippen LogP contribution is 2.32. The maximum absolute atomic E-state index is 12.0. The van der Waals surface area contributed by atoms with Crippen LogP contribution in [0.1, 0.15) is 11.3 Å². The topological polar surface area (TPSA) is 65.1 Å². The Hall–Kier alpha value is -2.47. The van der Waals surface area contributed by atoms with E-state index in [0.717, 1.165) is 27.7 Å². The normalized spacial score (nSPS) is 13.9. The van der Waals surface area contributed by atoms with Crippen LogP contribution in [0, 0.1) is 0 Å². The number of hydrogen-bond donors (Lipinski definition) is 2. The standard InChI is InChI=1S/C16H18N2O4/c1-18(9-13-3-2-6-20-13)10-16(19)17-8-12-4-5-14-15(7-12)22-11-21-14/h2-7H,8-11H2,1H3,(H,17,19)/p+1. The van der Waals surface area contributed by atoms with Crippen molar-refractivity contribution in [2.75, 3.05) is 20.4 Å². The summed E-state index contributed by atoms with van der Waals surface area (Å²) in [5.41, 5.74) is 0.987. The van der Waals surface area contributed by atoms with Gasteiger partial charge in [-0.2, -0.15) is 0 Å². The third kappa shape index (κ3) is 3.59. The van der Waals surface area contributed by atoms with Gasteiger partial charge in [0.1, 0.15) is 6.54 Å². The molecule has 1 aliphatic rings. The monoisotopic (exact) mass is 303 g/mol. The summed E-state index contributed by atoms with van der Waals surface area (Å²) in [5, 5.41) is 2.91. The van der Waals surface area contributed by atoms with Gasteiger partial charge in [-0.3, -0.25) is 4.79 Å². The number of carbonyl (C=O) groups excluding carboxylic acids is 1.